The number of hydrogen-bond donors (Lipinski definition) is 1. The lowest BCUT2D eigenvalue weighted by Crippen LogP contribution is -2.54. The Morgan fingerprint density at radius 2 is 2.00 bits per heavy atom. The van der Waals surface area contributed by atoms with Gasteiger partial charge in [0.15, 0.2) is 0 Å². The normalized spacial score (nSPS) is 30.5. The van der Waals surface area contributed by atoms with E-state index in [9.17, 15) is 14.3 Å². The van der Waals surface area contributed by atoms with Crippen LogP contribution in [0.25, 0.3) is 0 Å². The summed E-state index contributed by atoms with van der Waals surface area (Å²) in [7, 11) is 0. The van der Waals surface area contributed by atoms with Crippen molar-refractivity contribution in [1.82, 2.24) is 9.88 Å². The maximum Gasteiger partial charge on any atom is 0.411 e. The number of aromatic nitrogens is 1. The Bertz CT molecular complexity index is 648. The smallest absolute Gasteiger partial charge is 0.411 e. The van der Waals surface area contributed by atoms with Gasteiger partial charge in [-0.1, -0.05) is 0 Å². The van der Waals surface area contributed by atoms with Crippen molar-refractivity contribution in [1.29, 1.82) is 0 Å². The highest BCUT2D eigenvalue weighted by Crippen LogP contribution is 2.58. The number of carbonyl (C=O) groups is 1. The van der Waals surface area contributed by atoms with Crippen LogP contribution in [0, 0.1) is 5.82 Å². The molecular weight excluding hydrogens is 311 g/mol. The van der Waals surface area contributed by atoms with Crippen LogP contribution >= 0.6 is 0 Å². The van der Waals surface area contributed by atoms with Crippen molar-refractivity contribution in [3.8, 4) is 0 Å². The Morgan fingerprint density at radius 3 is 2.54 bits per heavy atom. The SMILES string of the molecule is CC(C)(C)OC(=O)N1C2(C)CCC1(C(O)c1ccncc1F)CC2. The molecule has 3 rings (SSSR count). The molecule has 2 aliphatic heterocycles. The van der Waals surface area contributed by atoms with E-state index in [0.29, 0.717) is 12.8 Å². The summed E-state index contributed by atoms with van der Waals surface area (Å²) < 4.78 is 19.7. The summed E-state index contributed by atoms with van der Waals surface area (Å²) in [5.74, 6) is -0.552. The highest BCUT2D eigenvalue weighted by Gasteiger charge is 2.64. The third-order valence-electron chi connectivity index (χ3n) is 5.36. The quantitative estimate of drug-likeness (QED) is 0.897. The van der Waals surface area contributed by atoms with Gasteiger partial charge in [-0.3, -0.25) is 9.88 Å². The molecule has 1 unspecified atom stereocenters. The lowest BCUT2D eigenvalue weighted by Gasteiger charge is -2.41. The van der Waals surface area contributed by atoms with E-state index in [1.54, 1.807) is 4.90 Å². The summed E-state index contributed by atoms with van der Waals surface area (Å²) in [6.45, 7) is 7.46. The summed E-state index contributed by atoms with van der Waals surface area (Å²) in [6, 6.07) is 1.48. The maximum absolute atomic E-state index is 14.2. The van der Waals surface area contributed by atoms with Crippen LogP contribution in [0.15, 0.2) is 18.5 Å². The molecule has 1 aromatic rings. The Kier molecular flexibility index (Phi) is 3.86. The fourth-order valence-corrected chi connectivity index (χ4v) is 4.21. The fourth-order valence-electron chi connectivity index (χ4n) is 4.21. The molecule has 2 aliphatic rings. The molecule has 5 nitrogen and oxygen atoms in total. The molecular formula is C18H25FN2O3. The van der Waals surface area contributed by atoms with E-state index in [4.69, 9.17) is 4.74 Å². The van der Waals surface area contributed by atoms with Gasteiger partial charge in [-0.25, -0.2) is 9.18 Å². The summed E-state index contributed by atoms with van der Waals surface area (Å²) >= 11 is 0. The molecule has 24 heavy (non-hydrogen) atoms. The number of amides is 1. The minimum Gasteiger partial charge on any atom is -0.444 e. The molecule has 0 aromatic carbocycles. The third-order valence-corrected chi connectivity index (χ3v) is 5.36. The molecule has 3 heterocycles. The number of pyridine rings is 1. The van der Waals surface area contributed by atoms with E-state index >= 15 is 0 Å². The molecule has 1 N–H and O–H groups in total. The maximum atomic E-state index is 14.2. The first-order valence-electron chi connectivity index (χ1n) is 8.40. The second kappa shape index (κ2) is 5.41. The monoisotopic (exact) mass is 336 g/mol. The number of hydrogen-bond acceptors (Lipinski definition) is 4. The zero-order chi connectivity index (χ0) is 17.8. The summed E-state index contributed by atoms with van der Waals surface area (Å²) in [4.78, 5) is 18.3. The number of aliphatic hydroxyl groups is 1. The number of nitrogens with zero attached hydrogens (tertiary/aromatic N) is 2. The fraction of sp³-hybridized carbons (Fsp3) is 0.667. The highest BCUT2D eigenvalue weighted by atomic mass is 19.1. The van der Waals surface area contributed by atoms with E-state index in [1.165, 1.54) is 12.3 Å². The van der Waals surface area contributed by atoms with Gasteiger partial charge in [-0.2, -0.15) is 0 Å². The first kappa shape index (κ1) is 17.1. The van der Waals surface area contributed by atoms with Crippen LogP contribution in [0.2, 0.25) is 0 Å². The van der Waals surface area contributed by atoms with Gasteiger partial charge in [0, 0.05) is 17.3 Å². The molecule has 2 saturated heterocycles. The van der Waals surface area contributed by atoms with Gasteiger partial charge in [0.1, 0.15) is 17.5 Å². The van der Waals surface area contributed by atoms with Crippen LogP contribution in [-0.2, 0) is 4.74 Å². The zero-order valence-electron chi connectivity index (χ0n) is 14.7. The predicted molar refractivity (Wildman–Crippen MR) is 86.8 cm³/mol. The van der Waals surface area contributed by atoms with Gasteiger partial charge < -0.3 is 9.84 Å². The van der Waals surface area contributed by atoms with Gasteiger partial charge >= 0.3 is 6.09 Å². The molecule has 132 valence electrons. The molecule has 6 heteroatoms. The van der Waals surface area contributed by atoms with Crippen LogP contribution in [0.5, 0.6) is 0 Å². The van der Waals surface area contributed by atoms with Crippen molar-refractivity contribution >= 4 is 6.09 Å². The first-order valence-corrected chi connectivity index (χ1v) is 8.40. The number of fused-ring (bicyclic) bond motifs is 2. The highest BCUT2D eigenvalue weighted by molar-refractivity contribution is 5.72. The molecule has 1 atom stereocenters. The number of halogens is 1. The molecule has 0 spiro atoms. The van der Waals surface area contributed by atoms with Crippen molar-refractivity contribution in [2.24, 2.45) is 0 Å². The zero-order valence-corrected chi connectivity index (χ0v) is 14.7. The van der Waals surface area contributed by atoms with Crippen molar-refractivity contribution < 1.29 is 19.0 Å². The molecule has 0 radical (unpaired) electrons. The Morgan fingerprint density at radius 1 is 1.38 bits per heavy atom. The minimum atomic E-state index is -1.10. The van der Waals surface area contributed by atoms with Crippen molar-refractivity contribution in [2.45, 2.75) is 76.2 Å². The number of carbonyl (C=O) groups excluding carboxylic acids is 1. The van der Waals surface area contributed by atoms with Crippen LogP contribution in [-0.4, -0.2) is 37.8 Å². The van der Waals surface area contributed by atoms with Crippen LogP contribution in [0.1, 0.15) is 65.0 Å². The molecule has 2 bridgehead atoms. The summed E-state index contributed by atoms with van der Waals surface area (Å²) in [6.07, 6.45) is 3.82. The van der Waals surface area contributed by atoms with Crippen molar-refractivity contribution in [3.05, 3.63) is 29.8 Å². The van der Waals surface area contributed by atoms with Gasteiger partial charge in [0.05, 0.1) is 11.7 Å². The molecule has 1 amide bonds. The van der Waals surface area contributed by atoms with Crippen molar-refractivity contribution in [3.63, 3.8) is 0 Å². The van der Waals surface area contributed by atoms with E-state index in [2.05, 4.69) is 4.98 Å². The Balaban J connectivity index is 1.98. The topological polar surface area (TPSA) is 62.7 Å². The average Bonchev–Trinajstić information content (AvgIpc) is 2.94. The Labute approximate surface area is 141 Å². The van der Waals surface area contributed by atoms with Crippen LogP contribution in [0.3, 0.4) is 0 Å². The van der Waals surface area contributed by atoms with Gasteiger partial charge in [-0.15, -0.1) is 0 Å². The summed E-state index contributed by atoms with van der Waals surface area (Å²) in [5.41, 5.74) is -1.61. The van der Waals surface area contributed by atoms with E-state index in [1.807, 2.05) is 27.7 Å². The second-order valence-corrected chi connectivity index (χ2v) is 8.22. The third kappa shape index (κ3) is 2.57. The van der Waals surface area contributed by atoms with E-state index in [0.717, 1.165) is 19.0 Å². The lowest BCUT2D eigenvalue weighted by atomic mass is 9.78. The van der Waals surface area contributed by atoms with E-state index < -0.39 is 29.2 Å². The van der Waals surface area contributed by atoms with Crippen molar-refractivity contribution in [2.75, 3.05) is 0 Å². The second-order valence-electron chi connectivity index (χ2n) is 8.22. The Hall–Kier alpha value is -1.69. The summed E-state index contributed by atoms with van der Waals surface area (Å²) in [5, 5.41) is 11.0. The largest absolute Gasteiger partial charge is 0.444 e. The first-order chi connectivity index (χ1) is 11.1. The van der Waals surface area contributed by atoms with Crippen LogP contribution < -0.4 is 0 Å². The number of rotatable bonds is 2. The number of aliphatic hydroxyl groups excluding tert-OH is 1. The average molecular weight is 336 g/mol. The standard InChI is InChI=1S/C18H25FN2O3/c1-16(2,3)24-15(23)21-17(4)6-8-18(21,9-7-17)14(22)12-5-10-20-11-13(12)19/h5,10-11,14,22H,6-9H2,1-4H3. The van der Waals surface area contributed by atoms with Gasteiger partial charge in [-0.05, 0) is 59.4 Å². The molecule has 0 saturated carbocycles. The molecule has 0 aliphatic carbocycles. The van der Waals surface area contributed by atoms with Gasteiger partial charge in [0.25, 0.3) is 0 Å². The minimum absolute atomic E-state index is 0.185. The van der Waals surface area contributed by atoms with Crippen LogP contribution in [0.4, 0.5) is 9.18 Å². The van der Waals surface area contributed by atoms with E-state index in [-0.39, 0.29) is 11.1 Å². The molecule has 2 fully saturated rings. The lowest BCUT2D eigenvalue weighted by molar-refractivity contribution is -0.0372. The van der Waals surface area contributed by atoms with Gasteiger partial charge in [0.2, 0.25) is 0 Å². The number of ether oxygens (including phenoxy) is 1. The predicted octanol–water partition coefficient (Wildman–Crippen LogP) is 3.58. The molecule has 1 aromatic heterocycles.